The van der Waals surface area contributed by atoms with E-state index in [1.54, 1.807) is 0 Å². The third kappa shape index (κ3) is 10.8. The molecule has 7 heteroatoms. The second kappa shape index (κ2) is 16.7. The third-order valence-corrected chi connectivity index (χ3v) is 6.23. The highest BCUT2D eigenvalue weighted by Crippen LogP contribution is 2.17. The molecule has 2 N–H and O–H groups in total. The molecular weight excluding hydrogens is 515 g/mol. The van der Waals surface area contributed by atoms with E-state index < -0.39 is 0 Å². The summed E-state index contributed by atoms with van der Waals surface area (Å²) in [7, 11) is 0. The Labute approximate surface area is 211 Å². The second-order valence-corrected chi connectivity index (χ2v) is 8.82. The zero-order valence-corrected chi connectivity index (χ0v) is 22.1. The first-order valence-corrected chi connectivity index (χ1v) is 12.3. The standard InChI is InChI=1S/C25H42N4O2.HI/c1-2-26-25(27-13-6-16-31-21-23-11-17-30-18-12-23)28-19-24-10-15-29(20-24)14-9-22-7-4-3-5-8-22;/h3-5,7-8,23-24H,2,6,9-21H2,1H3,(H2,26,27,28);1H. The quantitative estimate of drug-likeness (QED) is 0.178. The van der Waals surface area contributed by atoms with Crippen molar-refractivity contribution in [2.24, 2.45) is 16.8 Å². The fourth-order valence-electron chi connectivity index (χ4n) is 4.30. The first-order valence-electron chi connectivity index (χ1n) is 12.3. The van der Waals surface area contributed by atoms with Crippen molar-refractivity contribution in [3.05, 3.63) is 35.9 Å². The normalized spacial score (nSPS) is 20.2. The van der Waals surface area contributed by atoms with Gasteiger partial charge in [0.15, 0.2) is 5.96 Å². The summed E-state index contributed by atoms with van der Waals surface area (Å²) in [4.78, 5) is 7.44. The summed E-state index contributed by atoms with van der Waals surface area (Å²) in [5.41, 5.74) is 1.43. The van der Waals surface area contributed by atoms with Crippen LogP contribution in [0.25, 0.3) is 0 Å². The van der Waals surface area contributed by atoms with Gasteiger partial charge in [0.2, 0.25) is 0 Å². The summed E-state index contributed by atoms with van der Waals surface area (Å²) in [6.45, 7) is 11.8. The van der Waals surface area contributed by atoms with Gasteiger partial charge in [0.25, 0.3) is 0 Å². The number of nitrogens with zero attached hydrogens (tertiary/aromatic N) is 2. The topological polar surface area (TPSA) is 58.1 Å². The van der Waals surface area contributed by atoms with E-state index in [2.05, 4.69) is 52.8 Å². The van der Waals surface area contributed by atoms with E-state index in [1.807, 2.05) is 0 Å². The van der Waals surface area contributed by atoms with E-state index >= 15 is 0 Å². The number of nitrogens with one attached hydrogen (secondary N) is 2. The van der Waals surface area contributed by atoms with Gasteiger partial charge in [-0.1, -0.05) is 30.3 Å². The van der Waals surface area contributed by atoms with E-state index in [-0.39, 0.29) is 24.0 Å². The lowest BCUT2D eigenvalue weighted by Crippen LogP contribution is -2.38. The average Bonchev–Trinajstić information content (AvgIpc) is 3.27. The van der Waals surface area contributed by atoms with Gasteiger partial charge in [0.05, 0.1) is 0 Å². The van der Waals surface area contributed by atoms with Crippen molar-refractivity contribution in [3.8, 4) is 0 Å². The molecule has 0 saturated carbocycles. The molecule has 0 aliphatic carbocycles. The molecule has 0 aromatic heterocycles. The van der Waals surface area contributed by atoms with E-state index in [1.165, 1.54) is 18.5 Å². The minimum Gasteiger partial charge on any atom is -0.381 e. The maximum atomic E-state index is 5.86. The van der Waals surface area contributed by atoms with Crippen LogP contribution in [0, 0.1) is 11.8 Å². The van der Waals surface area contributed by atoms with Crippen molar-refractivity contribution < 1.29 is 9.47 Å². The molecule has 2 aliphatic heterocycles. The molecule has 2 fully saturated rings. The molecule has 2 aliphatic rings. The first kappa shape index (κ1) is 27.3. The maximum Gasteiger partial charge on any atom is 0.191 e. The summed E-state index contributed by atoms with van der Waals surface area (Å²) in [5.74, 6) is 2.28. The van der Waals surface area contributed by atoms with Crippen molar-refractivity contribution in [2.75, 3.05) is 65.7 Å². The summed E-state index contributed by atoms with van der Waals surface area (Å²) < 4.78 is 11.3. The summed E-state index contributed by atoms with van der Waals surface area (Å²) >= 11 is 0. The van der Waals surface area contributed by atoms with E-state index in [0.717, 1.165) is 90.8 Å². The summed E-state index contributed by atoms with van der Waals surface area (Å²) in [6, 6.07) is 10.8. The van der Waals surface area contributed by atoms with Crippen LogP contribution in [0.4, 0.5) is 0 Å². The van der Waals surface area contributed by atoms with Gasteiger partial charge >= 0.3 is 0 Å². The Bertz CT molecular complexity index is 626. The lowest BCUT2D eigenvalue weighted by molar-refractivity contribution is 0.0203. The molecule has 2 saturated heterocycles. The lowest BCUT2D eigenvalue weighted by Gasteiger charge is -2.21. The molecule has 0 bridgehead atoms. The zero-order valence-electron chi connectivity index (χ0n) is 19.8. The largest absolute Gasteiger partial charge is 0.381 e. The van der Waals surface area contributed by atoms with Gasteiger partial charge in [-0.25, -0.2) is 0 Å². The Morgan fingerprint density at radius 1 is 1.12 bits per heavy atom. The van der Waals surface area contributed by atoms with Crippen molar-refractivity contribution in [3.63, 3.8) is 0 Å². The monoisotopic (exact) mass is 558 g/mol. The van der Waals surface area contributed by atoms with Crippen LogP contribution in [0.15, 0.2) is 35.3 Å². The molecule has 6 nitrogen and oxygen atoms in total. The molecule has 0 amide bonds. The highest BCUT2D eigenvalue weighted by molar-refractivity contribution is 14.0. The van der Waals surface area contributed by atoms with Crippen LogP contribution in [0.2, 0.25) is 0 Å². The van der Waals surface area contributed by atoms with E-state index in [9.17, 15) is 0 Å². The minimum absolute atomic E-state index is 0. The highest BCUT2D eigenvalue weighted by atomic mass is 127. The van der Waals surface area contributed by atoms with Crippen LogP contribution in [-0.4, -0.2) is 76.6 Å². The molecule has 32 heavy (non-hydrogen) atoms. The van der Waals surface area contributed by atoms with Crippen LogP contribution < -0.4 is 10.6 Å². The Kier molecular flexibility index (Phi) is 14.2. The predicted octanol–water partition coefficient (Wildman–Crippen LogP) is 3.56. The molecule has 1 unspecified atom stereocenters. The lowest BCUT2D eigenvalue weighted by atomic mass is 10.0. The fourth-order valence-corrected chi connectivity index (χ4v) is 4.30. The number of ether oxygens (including phenoxy) is 2. The van der Waals surface area contributed by atoms with Gasteiger partial charge in [0, 0.05) is 59.2 Å². The molecule has 0 radical (unpaired) electrons. The Balaban J connectivity index is 0.00000363. The van der Waals surface area contributed by atoms with Gasteiger partial charge in [-0.2, -0.15) is 0 Å². The van der Waals surface area contributed by atoms with Gasteiger partial charge in [0.1, 0.15) is 0 Å². The molecular formula is C25H43IN4O2. The second-order valence-electron chi connectivity index (χ2n) is 8.82. The number of likely N-dealkylation sites (tertiary alicyclic amines) is 1. The molecule has 0 spiro atoms. The van der Waals surface area contributed by atoms with Crippen molar-refractivity contribution in [2.45, 2.75) is 39.0 Å². The molecule has 1 atom stereocenters. The van der Waals surface area contributed by atoms with Crippen molar-refractivity contribution >= 4 is 29.9 Å². The first-order chi connectivity index (χ1) is 15.3. The van der Waals surface area contributed by atoms with Gasteiger partial charge < -0.3 is 25.0 Å². The molecule has 2 heterocycles. The molecule has 3 rings (SSSR count). The number of hydrogen-bond acceptors (Lipinski definition) is 4. The van der Waals surface area contributed by atoms with E-state index in [0.29, 0.717) is 11.8 Å². The Morgan fingerprint density at radius 2 is 1.94 bits per heavy atom. The predicted molar refractivity (Wildman–Crippen MR) is 143 cm³/mol. The number of benzene rings is 1. The van der Waals surface area contributed by atoms with Crippen molar-refractivity contribution in [1.82, 2.24) is 15.5 Å². The smallest absolute Gasteiger partial charge is 0.191 e. The van der Waals surface area contributed by atoms with Crippen molar-refractivity contribution in [1.29, 1.82) is 0 Å². The number of hydrogen-bond donors (Lipinski definition) is 2. The number of aliphatic imine (C=N–C) groups is 1. The molecule has 182 valence electrons. The third-order valence-electron chi connectivity index (χ3n) is 6.23. The zero-order chi connectivity index (χ0) is 21.6. The fraction of sp³-hybridized carbons (Fsp3) is 0.720. The van der Waals surface area contributed by atoms with Crippen LogP contribution in [0.5, 0.6) is 0 Å². The van der Waals surface area contributed by atoms with Crippen LogP contribution in [0.1, 0.15) is 38.2 Å². The van der Waals surface area contributed by atoms with Gasteiger partial charge in [-0.15, -0.1) is 24.0 Å². The number of halogens is 1. The Morgan fingerprint density at radius 3 is 2.72 bits per heavy atom. The van der Waals surface area contributed by atoms with Crippen LogP contribution in [0.3, 0.4) is 0 Å². The Hall–Kier alpha value is -0.900. The van der Waals surface area contributed by atoms with Gasteiger partial charge in [-0.3, -0.25) is 4.99 Å². The SMILES string of the molecule is CCNC(=NCC1CCN(CCc2ccccc2)C1)NCCCOCC1CCOCC1.I. The highest BCUT2D eigenvalue weighted by Gasteiger charge is 2.22. The molecule has 1 aromatic carbocycles. The summed E-state index contributed by atoms with van der Waals surface area (Å²) in [5, 5.41) is 6.84. The van der Waals surface area contributed by atoms with E-state index in [4.69, 9.17) is 14.5 Å². The molecule has 1 aromatic rings. The minimum atomic E-state index is 0. The van der Waals surface area contributed by atoms with Crippen LogP contribution >= 0.6 is 24.0 Å². The number of guanidine groups is 1. The number of rotatable bonds is 12. The van der Waals surface area contributed by atoms with Gasteiger partial charge in [-0.05, 0) is 63.0 Å². The average molecular weight is 559 g/mol. The van der Waals surface area contributed by atoms with Crippen LogP contribution in [-0.2, 0) is 15.9 Å². The maximum absolute atomic E-state index is 5.86. The summed E-state index contributed by atoms with van der Waals surface area (Å²) in [6.07, 6.45) is 5.67.